The van der Waals surface area contributed by atoms with E-state index in [4.69, 9.17) is 0 Å². The van der Waals surface area contributed by atoms with Gasteiger partial charge >= 0.3 is 12.2 Å². The molecule has 0 unspecified atom stereocenters. The third-order valence-corrected chi connectivity index (χ3v) is 4.70. The van der Waals surface area contributed by atoms with Crippen molar-refractivity contribution in [1.29, 1.82) is 0 Å². The molecule has 2 amide bonds. The Kier molecular flexibility index (Phi) is 5.19. The van der Waals surface area contributed by atoms with Crippen LogP contribution in [0.5, 0.6) is 0 Å². The summed E-state index contributed by atoms with van der Waals surface area (Å²) in [7, 11) is 1.98. The summed E-state index contributed by atoms with van der Waals surface area (Å²) >= 11 is 0. The maximum absolute atomic E-state index is 12.1. The van der Waals surface area contributed by atoms with E-state index in [9.17, 15) is 18.0 Å². The molecule has 142 valence electrons. The molecule has 0 saturated heterocycles. The number of hydrogen-bond donors (Lipinski definition) is 3. The highest BCUT2D eigenvalue weighted by Crippen LogP contribution is 2.29. The highest BCUT2D eigenvalue weighted by Gasteiger charge is 2.29. The molecule has 0 atom stereocenters. The maximum atomic E-state index is 12.1. The number of carbonyl (C=O) groups is 1. The molecule has 0 radical (unpaired) electrons. The first kappa shape index (κ1) is 18.3. The molecule has 10 heteroatoms. The van der Waals surface area contributed by atoms with Crippen LogP contribution in [0.3, 0.4) is 0 Å². The largest absolute Gasteiger partial charge is 0.405 e. The number of amides is 2. The lowest BCUT2D eigenvalue weighted by molar-refractivity contribution is -0.122. The summed E-state index contributed by atoms with van der Waals surface area (Å²) in [6, 6.07) is 1.29. The molecular weight excluding hydrogens is 349 g/mol. The van der Waals surface area contributed by atoms with Crippen LogP contribution >= 0.6 is 0 Å². The van der Waals surface area contributed by atoms with Crippen molar-refractivity contribution >= 4 is 22.9 Å². The van der Waals surface area contributed by atoms with Gasteiger partial charge in [0.15, 0.2) is 0 Å². The van der Waals surface area contributed by atoms with Crippen molar-refractivity contribution in [3.05, 3.63) is 18.6 Å². The average molecular weight is 370 g/mol. The third kappa shape index (κ3) is 4.36. The number of fused-ring (bicyclic) bond motifs is 1. The van der Waals surface area contributed by atoms with Crippen LogP contribution in [0.4, 0.5) is 23.8 Å². The van der Waals surface area contributed by atoms with E-state index >= 15 is 0 Å². The van der Waals surface area contributed by atoms with Crippen LogP contribution in [0.25, 0.3) is 11.0 Å². The van der Waals surface area contributed by atoms with Crippen molar-refractivity contribution in [2.24, 2.45) is 0 Å². The van der Waals surface area contributed by atoms with E-state index in [0.717, 1.165) is 29.7 Å². The molecular formula is C16H21F3N6O. The highest BCUT2D eigenvalue weighted by atomic mass is 19.4. The van der Waals surface area contributed by atoms with Crippen LogP contribution in [-0.4, -0.2) is 52.8 Å². The van der Waals surface area contributed by atoms with E-state index in [1.165, 1.54) is 6.33 Å². The minimum atomic E-state index is -4.40. The molecule has 2 aromatic heterocycles. The first-order valence-electron chi connectivity index (χ1n) is 8.45. The summed E-state index contributed by atoms with van der Waals surface area (Å²) in [4.78, 5) is 25.3. The Hall–Kier alpha value is -2.52. The van der Waals surface area contributed by atoms with Gasteiger partial charge in [-0.15, -0.1) is 0 Å². The predicted octanol–water partition coefficient (Wildman–Crippen LogP) is 2.57. The minimum absolute atomic E-state index is 0.120. The fourth-order valence-electron chi connectivity index (χ4n) is 3.34. The van der Waals surface area contributed by atoms with Crippen LogP contribution in [0.2, 0.25) is 0 Å². The van der Waals surface area contributed by atoms with Crippen LogP contribution in [0.1, 0.15) is 25.7 Å². The Balaban J connectivity index is 1.52. The van der Waals surface area contributed by atoms with Gasteiger partial charge in [0.1, 0.15) is 24.3 Å². The fourth-order valence-corrected chi connectivity index (χ4v) is 3.34. The zero-order valence-corrected chi connectivity index (χ0v) is 14.3. The number of rotatable bonds is 4. The van der Waals surface area contributed by atoms with Crippen molar-refractivity contribution in [3.63, 3.8) is 0 Å². The van der Waals surface area contributed by atoms with Crippen molar-refractivity contribution in [2.45, 2.75) is 43.9 Å². The van der Waals surface area contributed by atoms with Crippen LogP contribution in [0, 0.1) is 0 Å². The quantitative estimate of drug-likeness (QED) is 0.772. The number of urea groups is 1. The number of halogens is 3. The summed E-state index contributed by atoms with van der Waals surface area (Å²) in [5.41, 5.74) is 0.776. The van der Waals surface area contributed by atoms with Gasteiger partial charge < -0.3 is 20.5 Å². The van der Waals surface area contributed by atoms with Crippen LogP contribution in [-0.2, 0) is 0 Å². The van der Waals surface area contributed by atoms with E-state index in [2.05, 4.69) is 25.2 Å². The number of anilines is 1. The first-order valence-corrected chi connectivity index (χ1v) is 8.45. The Labute approximate surface area is 148 Å². The molecule has 7 nitrogen and oxygen atoms in total. The summed E-state index contributed by atoms with van der Waals surface area (Å²) in [6.45, 7) is -1.32. The second-order valence-electron chi connectivity index (χ2n) is 6.50. The molecule has 2 heterocycles. The Morgan fingerprint density at radius 3 is 2.73 bits per heavy atom. The van der Waals surface area contributed by atoms with Gasteiger partial charge in [0.05, 0.1) is 5.39 Å². The van der Waals surface area contributed by atoms with Crippen molar-refractivity contribution < 1.29 is 18.0 Å². The number of aromatic nitrogens is 3. The Bertz CT molecular complexity index is 754. The maximum Gasteiger partial charge on any atom is 0.405 e. The SMILES string of the molecule is CN(c1ncnc2[nH]ccc12)C1CCC(NC(=O)NCC(F)(F)F)CC1. The van der Waals surface area contributed by atoms with Gasteiger partial charge in [-0.25, -0.2) is 14.8 Å². The molecule has 1 fully saturated rings. The number of H-pyrrole nitrogens is 1. The highest BCUT2D eigenvalue weighted by molar-refractivity contribution is 5.87. The number of hydrogen-bond acceptors (Lipinski definition) is 4. The lowest BCUT2D eigenvalue weighted by Gasteiger charge is -2.35. The summed E-state index contributed by atoms with van der Waals surface area (Å²) in [6.07, 6.45) is 1.97. The van der Waals surface area contributed by atoms with Gasteiger partial charge in [0, 0.05) is 25.3 Å². The summed E-state index contributed by atoms with van der Waals surface area (Å²) in [5, 5.41) is 5.40. The molecule has 0 bridgehead atoms. The molecule has 3 N–H and O–H groups in total. The van der Waals surface area contributed by atoms with E-state index < -0.39 is 18.8 Å². The summed E-state index contributed by atoms with van der Waals surface area (Å²) < 4.78 is 36.4. The molecule has 1 saturated carbocycles. The molecule has 3 rings (SSSR count). The molecule has 26 heavy (non-hydrogen) atoms. The smallest absolute Gasteiger partial charge is 0.356 e. The van der Waals surface area contributed by atoms with Gasteiger partial charge in [-0.2, -0.15) is 13.2 Å². The molecule has 1 aliphatic rings. The summed E-state index contributed by atoms with van der Waals surface area (Å²) in [5.74, 6) is 0.843. The topological polar surface area (TPSA) is 85.9 Å². The number of carbonyl (C=O) groups excluding carboxylic acids is 1. The van der Waals surface area contributed by atoms with Crippen LogP contribution < -0.4 is 15.5 Å². The van der Waals surface area contributed by atoms with E-state index in [1.54, 1.807) is 0 Å². The second-order valence-corrected chi connectivity index (χ2v) is 6.50. The van der Waals surface area contributed by atoms with Gasteiger partial charge in [-0.1, -0.05) is 0 Å². The lowest BCUT2D eigenvalue weighted by atomic mass is 9.90. The van der Waals surface area contributed by atoms with Crippen LogP contribution in [0.15, 0.2) is 18.6 Å². The molecule has 2 aromatic rings. The van der Waals surface area contributed by atoms with E-state index in [1.807, 2.05) is 24.6 Å². The Morgan fingerprint density at radius 1 is 1.31 bits per heavy atom. The normalized spacial score (nSPS) is 20.8. The fraction of sp³-hybridized carbons (Fsp3) is 0.562. The van der Waals surface area contributed by atoms with Crippen molar-refractivity contribution in [1.82, 2.24) is 25.6 Å². The average Bonchev–Trinajstić information content (AvgIpc) is 3.08. The molecule has 0 spiro atoms. The minimum Gasteiger partial charge on any atom is -0.356 e. The van der Waals surface area contributed by atoms with E-state index in [-0.39, 0.29) is 12.1 Å². The molecule has 1 aliphatic carbocycles. The molecule has 0 aliphatic heterocycles. The van der Waals surface area contributed by atoms with Gasteiger partial charge in [-0.3, -0.25) is 0 Å². The number of nitrogens with zero attached hydrogens (tertiary/aromatic N) is 3. The predicted molar refractivity (Wildman–Crippen MR) is 90.9 cm³/mol. The number of nitrogens with one attached hydrogen (secondary N) is 3. The van der Waals surface area contributed by atoms with Gasteiger partial charge in [0.25, 0.3) is 0 Å². The monoisotopic (exact) mass is 370 g/mol. The molecule has 0 aromatic carbocycles. The zero-order chi connectivity index (χ0) is 18.7. The van der Waals surface area contributed by atoms with Gasteiger partial charge in [-0.05, 0) is 31.7 Å². The van der Waals surface area contributed by atoms with Crippen molar-refractivity contribution in [2.75, 3.05) is 18.5 Å². The Morgan fingerprint density at radius 2 is 2.04 bits per heavy atom. The standard InChI is InChI=1S/C16H21F3N6O/c1-25(14-12-6-7-20-13(12)22-9-23-14)11-4-2-10(3-5-11)24-15(26)21-8-16(17,18)19/h6-7,9-11H,2-5,8H2,1H3,(H,20,22,23)(H2,21,24,26). The van der Waals surface area contributed by atoms with E-state index in [0.29, 0.717) is 12.8 Å². The van der Waals surface area contributed by atoms with Crippen molar-refractivity contribution in [3.8, 4) is 0 Å². The zero-order valence-electron chi connectivity index (χ0n) is 14.3. The lowest BCUT2D eigenvalue weighted by Crippen LogP contribution is -2.48. The second kappa shape index (κ2) is 7.38. The number of alkyl halides is 3. The first-order chi connectivity index (χ1) is 12.3. The van der Waals surface area contributed by atoms with Gasteiger partial charge in [0.2, 0.25) is 0 Å². The third-order valence-electron chi connectivity index (χ3n) is 4.70. The number of aromatic amines is 1.